The molecule has 0 aliphatic rings. The number of rotatable bonds is 2. The molecule has 0 atom stereocenters. The second-order valence-corrected chi connectivity index (χ2v) is 2.10. The molecule has 4 nitrogen and oxygen atoms in total. The molecule has 0 fully saturated rings. The van der Waals surface area contributed by atoms with Crippen LogP contribution in [0.2, 0.25) is 0 Å². The average molecular weight is 169 g/mol. The summed E-state index contributed by atoms with van der Waals surface area (Å²) in [7, 11) is 0. The van der Waals surface area contributed by atoms with Crippen LogP contribution >= 0.6 is 11.6 Å². The van der Waals surface area contributed by atoms with Crippen molar-refractivity contribution in [3.8, 4) is 0 Å². The summed E-state index contributed by atoms with van der Waals surface area (Å²) in [6.07, 6.45) is 1.56. The Kier molecular flexibility index (Phi) is 2.72. The molecule has 11 heavy (non-hydrogen) atoms. The van der Waals surface area contributed by atoms with Crippen molar-refractivity contribution >= 4 is 17.3 Å². The fraction of sp³-hybridized carbons (Fsp3) is 0.167. The molecule has 0 N–H and O–H groups in total. The number of aromatic nitrogens is 1. The maximum atomic E-state index is 8.09. The number of alkyl halides is 1. The second kappa shape index (κ2) is 3.81. The molecule has 0 unspecified atom stereocenters. The van der Waals surface area contributed by atoms with Crippen molar-refractivity contribution in [2.24, 2.45) is 5.11 Å². The van der Waals surface area contributed by atoms with E-state index in [2.05, 4.69) is 15.0 Å². The summed E-state index contributed by atoms with van der Waals surface area (Å²) in [5, 5.41) is 3.40. The molecular formula is C6H5ClN4. The van der Waals surface area contributed by atoms with E-state index in [4.69, 9.17) is 17.1 Å². The average Bonchev–Trinajstić information content (AvgIpc) is 2.06. The molecule has 1 rings (SSSR count). The van der Waals surface area contributed by atoms with Gasteiger partial charge in [-0.3, -0.25) is 4.98 Å². The van der Waals surface area contributed by atoms with E-state index in [1.807, 2.05) is 0 Å². The van der Waals surface area contributed by atoms with Crippen LogP contribution in [0.3, 0.4) is 0 Å². The minimum absolute atomic E-state index is 0.328. The highest BCUT2D eigenvalue weighted by Gasteiger charge is 1.91. The van der Waals surface area contributed by atoms with Gasteiger partial charge in [-0.2, -0.15) is 0 Å². The number of pyridine rings is 1. The van der Waals surface area contributed by atoms with Gasteiger partial charge < -0.3 is 0 Å². The van der Waals surface area contributed by atoms with Crippen LogP contribution in [0.4, 0.5) is 5.69 Å². The number of hydrogen-bond acceptors (Lipinski definition) is 2. The molecule has 0 radical (unpaired) electrons. The molecule has 0 saturated heterocycles. The lowest BCUT2D eigenvalue weighted by molar-refractivity contribution is 1.16. The summed E-state index contributed by atoms with van der Waals surface area (Å²) in [6.45, 7) is 0. The molecule has 0 spiro atoms. The van der Waals surface area contributed by atoms with E-state index in [9.17, 15) is 0 Å². The number of hydrogen-bond donors (Lipinski definition) is 0. The monoisotopic (exact) mass is 168 g/mol. The molecule has 0 aromatic carbocycles. The predicted molar refractivity (Wildman–Crippen MR) is 42.6 cm³/mol. The third-order valence-corrected chi connectivity index (χ3v) is 1.37. The van der Waals surface area contributed by atoms with Crippen LogP contribution in [0.25, 0.3) is 10.4 Å². The molecule has 1 aromatic heterocycles. The third kappa shape index (κ3) is 2.11. The molecular weight excluding hydrogens is 164 g/mol. The lowest BCUT2D eigenvalue weighted by Crippen LogP contribution is -1.80. The molecule has 0 bridgehead atoms. The predicted octanol–water partition coefficient (Wildman–Crippen LogP) is 2.76. The van der Waals surface area contributed by atoms with Crippen LogP contribution in [0.1, 0.15) is 5.69 Å². The fourth-order valence-electron chi connectivity index (χ4n) is 0.652. The van der Waals surface area contributed by atoms with Gasteiger partial charge in [-0.05, 0) is 17.7 Å². The highest BCUT2D eigenvalue weighted by atomic mass is 35.5. The van der Waals surface area contributed by atoms with Gasteiger partial charge in [-0.15, -0.1) is 11.6 Å². The standard InChI is InChI=1S/C6H5ClN4/c7-4-6-3-5(10-11-8)1-2-9-6/h1-3H,4H2. The molecule has 56 valence electrons. The Morgan fingerprint density at radius 1 is 1.73 bits per heavy atom. The topological polar surface area (TPSA) is 61.7 Å². The first kappa shape index (κ1) is 7.85. The van der Waals surface area contributed by atoms with E-state index in [0.717, 1.165) is 0 Å². The van der Waals surface area contributed by atoms with Crippen molar-refractivity contribution in [3.05, 3.63) is 34.5 Å². The smallest absolute Gasteiger partial charge is 0.0647 e. The first-order chi connectivity index (χ1) is 5.36. The van der Waals surface area contributed by atoms with Crippen LogP contribution in [0.15, 0.2) is 23.4 Å². The quantitative estimate of drug-likeness (QED) is 0.290. The van der Waals surface area contributed by atoms with Gasteiger partial charge in [0.05, 0.1) is 11.6 Å². The van der Waals surface area contributed by atoms with Gasteiger partial charge in [-0.25, -0.2) is 0 Å². The molecule has 0 aliphatic carbocycles. The van der Waals surface area contributed by atoms with Crippen LogP contribution in [-0.4, -0.2) is 4.98 Å². The summed E-state index contributed by atoms with van der Waals surface area (Å²) < 4.78 is 0. The summed E-state index contributed by atoms with van der Waals surface area (Å²) in [4.78, 5) is 6.56. The van der Waals surface area contributed by atoms with Gasteiger partial charge >= 0.3 is 0 Å². The van der Waals surface area contributed by atoms with Gasteiger partial charge in [0.25, 0.3) is 0 Å². The zero-order valence-electron chi connectivity index (χ0n) is 5.61. The van der Waals surface area contributed by atoms with E-state index in [1.165, 1.54) is 0 Å². The minimum Gasteiger partial charge on any atom is -0.260 e. The lowest BCUT2D eigenvalue weighted by atomic mass is 10.3. The Hall–Kier alpha value is -1.25. The summed E-state index contributed by atoms with van der Waals surface area (Å²) >= 11 is 5.50. The van der Waals surface area contributed by atoms with Crippen molar-refractivity contribution in [2.75, 3.05) is 0 Å². The van der Waals surface area contributed by atoms with Gasteiger partial charge in [-0.1, -0.05) is 5.11 Å². The number of nitrogens with zero attached hydrogens (tertiary/aromatic N) is 4. The van der Waals surface area contributed by atoms with E-state index in [1.54, 1.807) is 18.3 Å². The van der Waals surface area contributed by atoms with Crippen LogP contribution < -0.4 is 0 Å². The van der Waals surface area contributed by atoms with E-state index >= 15 is 0 Å². The molecule has 5 heteroatoms. The van der Waals surface area contributed by atoms with Gasteiger partial charge in [0, 0.05) is 16.8 Å². The fourth-order valence-corrected chi connectivity index (χ4v) is 0.799. The van der Waals surface area contributed by atoms with Crippen LogP contribution in [0.5, 0.6) is 0 Å². The van der Waals surface area contributed by atoms with Crippen LogP contribution in [0, 0.1) is 0 Å². The summed E-state index contributed by atoms with van der Waals surface area (Å²) in [6, 6.07) is 3.27. The summed E-state index contributed by atoms with van der Waals surface area (Å²) in [5.74, 6) is 0.328. The highest BCUT2D eigenvalue weighted by molar-refractivity contribution is 6.16. The SMILES string of the molecule is [N-]=[N+]=Nc1ccnc(CCl)c1. The number of azide groups is 1. The first-order valence-corrected chi connectivity index (χ1v) is 3.46. The van der Waals surface area contributed by atoms with Crippen LogP contribution in [-0.2, 0) is 5.88 Å². The van der Waals surface area contributed by atoms with Gasteiger partial charge in [0.15, 0.2) is 0 Å². The molecule has 1 heterocycles. The van der Waals surface area contributed by atoms with Crippen molar-refractivity contribution < 1.29 is 0 Å². The summed E-state index contributed by atoms with van der Waals surface area (Å²) in [5.41, 5.74) is 9.33. The largest absolute Gasteiger partial charge is 0.260 e. The number of halogens is 1. The Morgan fingerprint density at radius 3 is 3.18 bits per heavy atom. The zero-order valence-corrected chi connectivity index (χ0v) is 6.36. The first-order valence-electron chi connectivity index (χ1n) is 2.93. The molecule has 0 amide bonds. The molecule has 0 saturated carbocycles. The molecule has 1 aromatic rings. The Labute approximate surface area is 68.5 Å². The normalized spacial score (nSPS) is 8.82. The maximum Gasteiger partial charge on any atom is 0.0647 e. The maximum absolute atomic E-state index is 8.09. The minimum atomic E-state index is 0.328. The van der Waals surface area contributed by atoms with E-state index < -0.39 is 0 Å². The van der Waals surface area contributed by atoms with Crippen molar-refractivity contribution in [1.29, 1.82) is 0 Å². The third-order valence-electron chi connectivity index (χ3n) is 1.10. The Bertz CT molecular complexity index is 292. The lowest BCUT2D eigenvalue weighted by Gasteiger charge is -1.93. The van der Waals surface area contributed by atoms with Gasteiger partial charge in [0.2, 0.25) is 0 Å². The highest BCUT2D eigenvalue weighted by Crippen LogP contribution is 2.12. The van der Waals surface area contributed by atoms with Crippen molar-refractivity contribution in [1.82, 2.24) is 4.98 Å². The van der Waals surface area contributed by atoms with Crippen molar-refractivity contribution in [2.45, 2.75) is 5.88 Å². The van der Waals surface area contributed by atoms with E-state index in [-0.39, 0.29) is 0 Å². The van der Waals surface area contributed by atoms with Gasteiger partial charge in [0.1, 0.15) is 0 Å². The second-order valence-electron chi connectivity index (χ2n) is 1.83. The van der Waals surface area contributed by atoms with E-state index in [0.29, 0.717) is 17.3 Å². The zero-order chi connectivity index (χ0) is 8.10. The van der Waals surface area contributed by atoms with Crippen molar-refractivity contribution in [3.63, 3.8) is 0 Å². The molecule has 0 aliphatic heterocycles. The Morgan fingerprint density at radius 2 is 2.55 bits per heavy atom. The Balaban J connectivity index is 3.00.